The molecule has 13 heavy (non-hydrogen) atoms. The van der Waals surface area contributed by atoms with Crippen LogP contribution in [0.15, 0.2) is 0 Å². The number of carbonyl (C=O) groups excluding carboxylic acids is 1. The SMILES string of the molecule is CNCC1NC(=O)C2SCCC2N1. The highest BCUT2D eigenvalue weighted by Gasteiger charge is 2.39. The minimum absolute atomic E-state index is 0.109. The Morgan fingerprint density at radius 1 is 1.69 bits per heavy atom. The molecule has 5 heteroatoms. The van der Waals surface area contributed by atoms with E-state index in [1.807, 2.05) is 7.05 Å². The van der Waals surface area contributed by atoms with E-state index >= 15 is 0 Å². The van der Waals surface area contributed by atoms with Crippen molar-refractivity contribution < 1.29 is 4.79 Å². The maximum atomic E-state index is 11.6. The summed E-state index contributed by atoms with van der Waals surface area (Å²) in [5, 5.41) is 9.59. The van der Waals surface area contributed by atoms with Crippen LogP contribution in [0.1, 0.15) is 6.42 Å². The summed E-state index contributed by atoms with van der Waals surface area (Å²) in [6.07, 6.45) is 1.22. The zero-order valence-corrected chi connectivity index (χ0v) is 8.49. The van der Waals surface area contributed by atoms with Gasteiger partial charge in [0, 0.05) is 12.6 Å². The molecular weight excluding hydrogens is 186 g/mol. The van der Waals surface area contributed by atoms with Gasteiger partial charge < -0.3 is 10.6 Å². The van der Waals surface area contributed by atoms with Gasteiger partial charge in [0.1, 0.15) is 0 Å². The third kappa shape index (κ3) is 1.82. The monoisotopic (exact) mass is 201 g/mol. The van der Waals surface area contributed by atoms with Gasteiger partial charge in [-0.2, -0.15) is 0 Å². The summed E-state index contributed by atoms with van der Waals surface area (Å²) in [6.45, 7) is 0.791. The van der Waals surface area contributed by atoms with Crippen molar-refractivity contribution in [3.63, 3.8) is 0 Å². The zero-order valence-electron chi connectivity index (χ0n) is 7.67. The van der Waals surface area contributed by atoms with Crippen molar-refractivity contribution in [3.05, 3.63) is 0 Å². The highest BCUT2D eigenvalue weighted by atomic mass is 32.2. The molecule has 0 aromatic rings. The summed E-state index contributed by atoms with van der Waals surface area (Å²) in [5.41, 5.74) is 0. The molecule has 0 radical (unpaired) electrons. The zero-order chi connectivity index (χ0) is 9.26. The van der Waals surface area contributed by atoms with E-state index < -0.39 is 0 Å². The van der Waals surface area contributed by atoms with Crippen LogP contribution in [0.25, 0.3) is 0 Å². The summed E-state index contributed by atoms with van der Waals surface area (Å²) in [5.74, 6) is 1.30. The number of hydrogen-bond donors (Lipinski definition) is 3. The molecule has 3 unspecified atom stereocenters. The van der Waals surface area contributed by atoms with Crippen molar-refractivity contribution >= 4 is 17.7 Å². The Bertz CT molecular complexity index is 212. The molecule has 2 saturated heterocycles. The van der Waals surface area contributed by atoms with Gasteiger partial charge in [0.15, 0.2) is 0 Å². The molecular formula is C8H15N3OS. The average molecular weight is 201 g/mol. The number of rotatable bonds is 2. The van der Waals surface area contributed by atoms with Crippen LogP contribution in [-0.4, -0.2) is 42.7 Å². The molecule has 0 aromatic heterocycles. The molecule has 4 nitrogen and oxygen atoms in total. The first-order chi connectivity index (χ1) is 6.31. The molecule has 74 valence electrons. The average Bonchev–Trinajstić information content (AvgIpc) is 2.53. The molecule has 1 amide bonds. The number of hydrogen-bond acceptors (Lipinski definition) is 4. The Morgan fingerprint density at radius 2 is 2.54 bits per heavy atom. The maximum absolute atomic E-state index is 11.6. The van der Waals surface area contributed by atoms with Crippen LogP contribution in [0.5, 0.6) is 0 Å². The lowest BCUT2D eigenvalue weighted by atomic mass is 10.1. The topological polar surface area (TPSA) is 53.2 Å². The minimum atomic E-state index is 0.109. The van der Waals surface area contributed by atoms with Crippen LogP contribution in [-0.2, 0) is 4.79 Å². The highest BCUT2D eigenvalue weighted by Crippen LogP contribution is 2.28. The Balaban J connectivity index is 1.97. The number of amides is 1. The molecule has 3 atom stereocenters. The lowest BCUT2D eigenvalue weighted by Crippen LogP contribution is -2.63. The summed E-state index contributed by atoms with van der Waals surface area (Å²) in [6, 6.07) is 0.386. The third-order valence-corrected chi connectivity index (χ3v) is 3.86. The fourth-order valence-electron chi connectivity index (χ4n) is 1.89. The van der Waals surface area contributed by atoms with Crippen molar-refractivity contribution in [2.24, 2.45) is 0 Å². The number of carbonyl (C=O) groups is 1. The van der Waals surface area contributed by atoms with Gasteiger partial charge >= 0.3 is 0 Å². The smallest absolute Gasteiger partial charge is 0.235 e. The molecule has 0 saturated carbocycles. The first-order valence-corrected chi connectivity index (χ1v) is 5.69. The van der Waals surface area contributed by atoms with E-state index in [9.17, 15) is 4.79 Å². The summed E-state index contributed by atoms with van der Waals surface area (Å²) >= 11 is 1.76. The molecule has 2 heterocycles. The first kappa shape index (κ1) is 9.30. The van der Waals surface area contributed by atoms with E-state index in [1.54, 1.807) is 11.8 Å². The van der Waals surface area contributed by atoms with E-state index in [1.165, 1.54) is 0 Å². The second-order valence-corrected chi connectivity index (χ2v) is 4.72. The summed E-state index contributed by atoms with van der Waals surface area (Å²) in [7, 11) is 1.89. The molecule has 2 fully saturated rings. The predicted molar refractivity (Wildman–Crippen MR) is 53.6 cm³/mol. The molecule has 2 aliphatic heterocycles. The molecule has 0 aliphatic carbocycles. The van der Waals surface area contributed by atoms with Gasteiger partial charge in [-0.3, -0.25) is 10.1 Å². The molecule has 3 N–H and O–H groups in total. The van der Waals surface area contributed by atoms with Crippen LogP contribution in [0.3, 0.4) is 0 Å². The molecule has 2 aliphatic rings. The van der Waals surface area contributed by atoms with Crippen molar-refractivity contribution in [1.82, 2.24) is 16.0 Å². The molecule has 0 aromatic carbocycles. The lowest BCUT2D eigenvalue weighted by Gasteiger charge is -2.33. The fourth-order valence-corrected chi connectivity index (χ4v) is 3.20. The lowest BCUT2D eigenvalue weighted by molar-refractivity contribution is -0.123. The third-order valence-electron chi connectivity index (χ3n) is 2.49. The Morgan fingerprint density at radius 3 is 3.31 bits per heavy atom. The molecule has 0 spiro atoms. The maximum Gasteiger partial charge on any atom is 0.235 e. The van der Waals surface area contributed by atoms with Gasteiger partial charge in [0.2, 0.25) is 5.91 Å². The summed E-state index contributed by atoms with van der Waals surface area (Å²) < 4.78 is 0. The normalized spacial score (nSPS) is 38.5. The van der Waals surface area contributed by atoms with Crippen LogP contribution in [0, 0.1) is 0 Å². The van der Waals surface area contributed by atoms with Gasteiger partial charge in [-0.1, -0.05) is 0 Å². The van der Waals surface area contributed by atoms with Gasteiger partial charge in [-0.15, -0.1) is 11.8 Å². The predicted octanol–water partition coefficient (Wildman–Crippen LogP) is -0.875. The van der Waals surface area contributed by atoms with Crippen LogP contribution in [0.4, 0.5) is 0 Å². The van der Waals surface area contributed by atoms with Crippen molar-refractivity contribution in [1.29, 1.82) is 0 Å². The largest absolute Gasteiger partial charge is 0.338 e. The van der Waals surface area contributed by atoms with E-state index in [2.05, 4.69) is 16.0 Å². The van der Waals surface area contributed by atoms with Crippen molar-refractivity contribution in [2.45, 2.75) is 23.9 Å². The Kier molecular flexibility index (Phi) is 2.76. The quantitative estimate of drug-likeness (QED) is 0.543. The van der Waals surface area contributed by atoms with Crippen molar-refractivity contribution in [3.8, 4) is 0 Å². The van der Waals surface area contributed by atoms with Gasteiger partial charge in [-0.05, 0) is 19.2 Å². The van der Waals surface area contributed by atoms with Crippen LogP contribution >= 0.6 is 11.8 Å². The summed E-state index contributed by atoms with van der Waals surface area (Å²) in [4.78, 5) is 11.6. The molecule has 2 rings (SSSR count). The Hall–Kier alpha value is -0.260. The van der Waals surface area contributed by atoms with E-state index in [0.29, 0.717) is 6.04 Å². The minimum Gasteiger partial charge on any atom is -0.338 e. The number of nitrogens with one attached hydrogen (secondary N) is 3. The van der Waals surface area contributed by atoms with Gasteiger partial charge in [0.05, 0.1) is 11.4 Å². The second kappa shape index (κ2) is 3.86. The van der Waals surface area contributed by atoms with Crippen molar-refractivity contribution in [2.75, 3.05) is 19.3 Å². The first-order valence-electron chi connectivity index (χ1n) is 4.64. The number of fused-ring (bicyclic) bond motifs is 1. The van der Waals surface area contributed by atoms with E-state index in [-0.39, 0.29) is 17.3 Å². The second-order valence-electron chi connectivity index (χ2n) is 3.47. The Labute approximate surface area is 82.2 Å². The van der Waals surface area contributed by atoms with Crippen LogP contribution in [0.2, 0.25) is 0 Å². The van der Waals surface area contributed by atoms with Gasteiger partial charge in [0.25, 0.3) is 0 Å². The van der Waals surface area contributed by atoms with Crippen LogP contribution < -0.4 is 16.0 Å². The molecule has 0 bridgehead atoms. The van der Waals surface area contributed by atoms with E-state index in [4.69, 9.17) is 0 Å². The van der Waals surface area contributed by atoms with E-state index in [0.717, 1.165) is 18.7 Å². The fraction of sp³-hybridized carbons (Fsp3) is 0.875. The highest BCUT2D eigenvalue weighted by molar-refractivity contribution is 8.00. The number of likely N-dealkylation sites (N-methyl/N-ethyl adjacent to an activating group) is 1. The van der Waals surface area contributed by atoms with Gasteiger partial charge in [-0.25, -0.2) is 0 Å². The standard InChI is InChI=1S/C8H15N3OS/c1-9-4-6-10-5-2-3-13-7(5)8(12)11-6/h5-7,9-10H,2-4H2,1H3,(H,11,12). The number of thioether (sulfide) groups is 1.